The first-order valence-corrected chi connectivity index (χ1v) is 10.4. The Morgan fingerprint density at radius 1 is 1.27 bits per heavy atom. The van der Waals surface area contributed by atoms with E-state index in [9.17, 15) is 18.0 Å². The summed E-state index contributed by atoms with van der Waals surface area (Å²) < 4.78 is 36.6. The fourth-order valence-corrected chi connectivity index (χ4v) is 5.76. The van der Waals surface area contributed by atoms with E-state index in [4.69, 9.17) is 9.29 Å². The van der Waals surface area contributed by atoms with Gasteiger partial charge in [-0.15, -0.1) is 0 Å². The highest BCUT2D eigenvalue weighted by atomic mass is 127. The van der Waals surface area contributed by atoms with Crippen LogP contribution in [0.1, 0.15) is 17.3 Å². The lowest BCUT2D eigenvalue weighted by Crippen LogP contribution is -2.18. The van der Waals surface area contributed by atoms with Crippen molar-refractivity contribution in [2.24, 2.45) is 0 Å². The van der Waals surface area contributed by atoms with Gasteiger partial charge in [0.2, 0.25) is 5.91 Å². The largest absolute Gasteiger partial charge is 0.461 e. The second-order valence-electron chi connectivity index (χ2n) is 4.01. The highest BCUT2D eigenvalue weighted by Gasteiger charge is 2.22. The lowest BCUT2D eigenvalue weighted by molar-refractivity contribution is -0.114. The van der Waals surface area contributed by atoms with Gasteiger partial charge in [-0.25, -0.2) is 4.79 Å². The summed E-state index contributed by atoms with van der Waals surface area (Å²) in [4.78, 5) is 23.3. The Kier molecular flexibility index (Phi) is 7.74. The van der Waals surface area contributed by atoms with Crippen LogP contribution in [-0.4, -0.2) is 37.2 Å². The van der Waals surface area contributed by atoms with Crippen molar-refractivity contribution in [2.45, 2.75) is 6.92 Å². The van der Waals surface area contributed by atoms with Crippen LogP contribution in [0.15, 0.2) is 6.07 Å². The molecule has 2 N–H and O–H groups in total. The maximum atomic E-state index is 12.1. The molecule has 0 aromatic heterocycles. The number of halogens is 3. The molecule has 0 fully saturated rings. The van der Waals surface area contributed by atoms with E-state index < -0.39 is 28.4 Å². The van der Waals surface area contributed by atoms with E-state index in [1.54, 1.807) is 6.07 Å². The molecule has 0 saturated carbocycles. The Morgan fingerprint density at radius 2 is 1.86 bits per heavy atom. The van der Waals surface area contributed by atoms with E-state index in [1.165, 1.54) is 6.92 Å². The van der Waals surface area contributed by atoms with E-state index in [2.05, 4.69) is 5.32 Å². The SMILES string of the molecule is CC(=O)Nc1c(I)cc(I)c(C(=O)OCCS(=O)(=O)O)c1I. The van der Waals surface area contributed by atoms with Gasteiger partial charge in [-0.2, -0.15) is 8.42 Å². The number of carbonyl (C=O) groups excluding carboxylic acids is 2. The normalized spacial score (nSPS) is 11.1. The molecule has 0 aliphatic rings. The maximum Gasteiger partial charge on any atom is 0.340 e. The summed E-state index contributed by atoms with van der Waals surface area (Å²) in [5, 5.41) is 2.64. The molecule has 11 heteroatoms. The second kappa shape index (κ2) is 8.39. The molecule has 7 nitrogen and oxygen atoms in total. The lowest BCUT2D eigenvalue weighted by atomic mass is 10.2. The molecule has 0 atom stereocenters. The number of benzene rings is 1. The van der Waals surface area contributed by atoms with Crippen molar-refractivity contribution in [2.75, 3.05) is 17.7 Å². The molecule has 1 amide bonds. The Morgan fingerprint density at radius 3 is 2.36 bits per heavy atom. The molecule has 1 aromatic rings. The molecule has 0 unspecified atom stereocenters. The van der Waals surface area contributed by atoms with Crippen molar-refractivity contribution in [3.63, 3.8) is 0 Å². The highest BCUT2D eigenvalue weighted by molar-refractivity contribution is 14.1. The third kappa shape index (κ3) is 6.04. The van der Waals surface area contributed by atoms with Crippen molar-refractivity contribution in [1.82, 2.24) is 0 Å². The fourth-order valence-electron chi connectivity index (χ4n) is 1.38. The van der Waals surface area contributed by atoms with Gasteiger partial charge in [0.05, 0.1) is 14.8 Å². The molecule has 0 aliphatic carbocycles. The molecule has 0 spiro atoms. The highest BCUT2D eigenvalue weighted by Crippen LogP contribution is 2.32. The van der Waals surface area contributed by atoms with E-state index in [-0.39, 0.29) is 11.5 Å². The van der Waals surface area contributed by atoms with Crippen LogP contribution in [-0.2, 0) is 19.6 Å². The van der Waals surface area contributed by atoms with Crippen molar-refractivity contribution in [1.29, 1.82) is 0 Å². The van der Waals surface area contributed by atoms with Crippen LogP contribution in [0.2, 0.25) is 0 Å². The molecule has 0 radical (unpaired) electrons. The third-order valence-corrected chi connectivity index (χ3v) is 5.71. The van der Waals surface area contributed by atoms with Crippen molar-refractivity contribution >= 4 is 95.5 Å². The third-order valence-electron chi connectivity index (χ3n) is 2.25. The van der Waals surface area contributed by atoms with Gasteiger partial charge in [-0.05, 0) is 73.8 Å². The molecule has 122 valence electrons. The minimum atomic E-state index is -4.19. The van der Waals surface area contributed by atoms with Gasteiger partial charge in [-0.1, -0.05) is 0 Å². The molecule has 0 bridgehead atoms. The summed E-state index contributed by atoms with van der Waals surface area (Å²) in [6.45, 7) is 0.902. The number of amides is 1. The summed E-state index contributed by atoms with van der Waals surface area (Å²) in [6, 6.07) is 1.70. The maximum absolute atomic E-state index is 12.1. The van der Waals surface area contributed by atoms with Gasteiger partial charge < -0.3 is 10.1 Å². The molecule has 0 aliphatic heterocycles. The summed E-state index contributed by atoms with van der Waals surface area (Å²) in [5.74, 6) is -1.67. The lowest BCUT2D eigenvalue weighted by Gasteiger charge is -2.14. The van der Waals surface area contributed by atoms with Gasteiger partial charge in [0, 0.05) is 14.1 Å². The Labute approximate surface area is 168 Å². The number of hydrogen-bond donors (Lipinski definition) is 2. The number of nitrogens with one attached hydrogen (secondary N) is 1. The van der Waals surface area contributed by atoms with Gasteiger partial charge in [0.1, 0.15) is 12.4 Å². The van der Waals surface area contributed by atoms with Crippen LogP contribution in [0.5, 0.6) is 0 Å². The van der Waals surface area contributed by atoms with E-state index in [0.717, 1.165) is 3.57 Å². The van der Waals surface area contributed by atoms with Gasteiger partial charge >= 0.3 is 5.97 Å². The Bertz CT molecular complexity index is 719. The van der Waals surface area contributed by atoms with Crippen LogP contribution in [0.3, 0.4) is 0 Å². The first-order chi connectivity index (χ1) is 10.0. The van der Waals surface area contributed by atoms with Crippen LogP contribution in [0.4, 0.5) is 5.69 Å². The first-order valence-electron chi connectivity index (χ1n) is 5.60. The Balaban J connectivity index is 3.08. The molecular weight excluding hydrogens is 655 g/mol. The fraction of sp³-hybridized carbons (Fsp3) is 0.273. The summed E-state index contributed by atoms with van der Waals surface area (Å²) in [7, 11) is -4.19. The molecule has 0 heterocycles. The van der Waals surface area contributed by atoms with E-state index in [0.29, 0.717) is 12.8 Å². The topological polar surface area (TPSA) is 110 Å². The van der Waals surface area contributed by atoms with Crippen molar-refractivity contribution < 1.29 is 27.3 Å². The van der Waals surface area contributed by atoms with Crippen molar-refractivity contribution in [3.05, 3.63) is 22.3 Å². The zero-order valence-electron chi connectivity index (χ0n) is 11.0. The van der Waals surface area contributed by atoms with Gasteiger partial charge in [-0.3, -0.25) is 9.35 Å². The monoisotopic (exact) mass is 665 g/mol. The minimum absolute atomic E-state index is 0.237. The first kappa shape index (κ1) is 20.3. The molecule has 0 saturated heterocycles. The van der Waals surface area contributed by atoms with E-state index >= 15 is 0 Å². The molecule has 22 heavy (non-hydrogen) atoms. The summed E-state index contributed by atoms with van der Waals surface area (Å²) in [6.07, 6.45) is 0. The standard InChI is InChI=1S/C11H10I3NO6S/c1-5(16)15-10-7(13)4-6(12)8(9(10)14)11(17)21-2-3-22(18,19)20/h4H,2-3H2,1H3,(H,15,16)(H,18,19,20). The van der Waals surface area contributed by atoms with Crippen LogP contribution in [0, 0.1) is 10.7 Å². The van der Waals surface area contributed by atoms with E-state index in [1.807, 2.05) is 67.8 Å². The average Bonchev–Trinajstić information content (AvgIpc) is 2.32. The predicted molar refractivity (Wildman–Crippen MR) is 106 cm³/mol. The molecular formula is C11H10I3NO6S. The average molecular weight is 665 g/mol. The number of rotatable bonds is 5. The summed E-state index contributed by atoms with van der Waals surface area (Å²) in [5.41, 5.74) is 0.733. The summed E-state index contributed by atoms with van der Waals surface area (Å²) >= 11 is 5.91. The predicted octanol–water partition coefficient (Wildman–Crippen LogP) is 2.50. The molecule has 1 rings (SSSR count). The quantitative estimate of drug-likeness (QED) is 0.285. The van der Waals surface area contributed by atoms with Gasteiger partial charge in [0.15, 0.2) is 0 Å². The van der Waals surface area contributed by atoms with Crippen molar-refractivity contribution in [3.8, 4) is 0 Å². The second-order valence-corrected chi connectivity index (χ2v) is 8.98. The van der Waals surface area contributed by atoms with Crippen LogP contribution in [0.25, 0.3) is 0 Å². The number of ether oxygens (including phenoxy) is 1. The van der Waals surface area contributed by atoms with Gasteiger partial charge in [0.25, 0.3) is 10.1 Å². The van der Waals surface area contributed by atoms with Crippen LogP contribution < -0.4 is 5.32 Å². The number of hydrogen-bond acceptors (Lipinski definition) is 5. The zero-order chi connectivity index (χ0) is 17.1. The number of esters is 1. The molecule has 1 aromatic carbocycles. The smallest absolute Gasteiger partial charge is 0.340 e. The minimum Gasteiger partial charge on any atom is -0.461 e. The Hall–Kier alpha value is 0.260. The number of carbonyl (C=O) groups is 2. The number of anilines is 1. The zero-order valence-corrected chi connectivity index (χ0v) is 18.3. The van der Waals surface area contributed by atoms with Crippen LogP contribution >= 0.6 is 67.8 Å².